The predicted molar refractivity (Wildman–Crippen MR) is 62.4 cm³/mol. The Hall–Kier alpha value is 0.310. The van der Waals surface area contributed by atoms with E-state index in [1.807, 2.05) is 0 Å². The summed E-state index contributed by atoms with van der Waals surface area (Å²) in [6, 6.07) is 1.50. The average molecular weight is 201 g/mol. The minimum atomic E-state index is 0.702. The first kappa shape index (κ1) is 11.4. The van der Waals surface area contributed by atoms with E-state index in [1.54, 1.807) is 0 Å². The monoisotopic (exact) mass is 201 g/mol. The standard InChI is InChI=1S/C11H23NS/c1-9(2)8-10(3)12-11-4-6-13-7-5-11/h9-12H,4-8H2,1-3H3. The Morgan fingerprint density at radius 1 is 1.23 bits per heavy atom. The van der Waals surface area contributed by atoms with Gasteiger partial charge in [-0.1, -0.05) is 13.8 Å². The van der Waals surface area contributed by atoms with Crippen molar-refractivity contribution >= 4 is 11.8 Å². The van der Waals surface area contributed by atoms with Gasteiger partial charge in [0.15, 0.2) is 0 Å². The molecule has 0 aliphatic carbocycles. The van der Waals surface area contributed by atoms with E-state index in [2.05, 4.69) is 37.8 Å². The van der Waals surface area contributed by atoms with Crippen LogP contribution in [0.15, 0.2) is 0 Å². The van der Waals surface area contributed by atoms with Crippen LogP contribution in [0.25, 0.3) is 0 Å². The van der Waals surface area contributed by atoms with Crippen LogP contribution in [-0.2, 0) is 0 Å². The summed E-state index contributed by atoms with van der Waals surface area (Å²) in [5.41, 5.74) is 0. The highest BCUT2D eigenvalue weighted by Gasteiger charge is 2.15. The summed E-state index contributed by atoms with van der Waals surface area (Å²) in [7, 11) is 0. The van der Waals surface area contributed by atoms with Crippen LogP contribution in [0.3, 0.4) is 0 Å². The number of nitrogens with one attached hydrogen (secondary N) is 1. The van der Waals surface area contributed by atoms with Gasteiger partial charge in [0.05, 0.1) is 0 Å². The minimum Gasteiger partial charge on any atom is -0.311 e. The molecule has 1 fully saturated rings. The largest absolute Gasteiger partial charge is 0.311 e. The second kappa shape index (κ2) is 5.92. The van der Waals surface area contributed by atoms with Crippen molar-refractivity contribution in [3.05, 3.63) is 0 Å². The van der Waals surface area contributed by atoms with E-state index in [0.717, 1.165) is 12.0 Å². The SMILES string of the molecule is CC(C)CC(C)NC1CCSCC1. The highest BCUT2D eigenvalue weighted by molar-refractivity contribution is 7.99. The van der Waals surface area contributed by atoms with Crippen molar-refractivity contribution in [3.8, 4) is 0 Å². The van der Waals surface area contributed by atoms with Crippen LogP contribution in [0.5, 0.6) is 0 Å². The average Bonchev–Trinajstić information content (AvgIpc) is 2.04. The molecule has 0 aromatic rings. The lowest BCUT2D eigenvalue weighted by Gasteiger charge is -2.27. The summed E-state index contributed by atoms with van der Waals surface area (Å²) in [4.78, 5) is 0. The molecule has 0 radical (unpaired) electrons. The fourth-order valence-electron chi connectivity index (χ4n) is 2.04. The molecule has 0 aromatic carbocycles. The van der Waals surface area contributed by atoms with Crippen molar-refractivity contribution in [1.82, 2.24) is 5.32 Å². The zero-order valence-electron chi connectivity index (χ0n) is 9.18. The van der Waals surface area contributed by atoms with Gasteiger partial charge < -0.3 is 5.32 Å². The Kier molecular flexibility index (Phi) is 5.18. The van der Waals surface area contributed by atoms with E-state index in [-0.39, 0.29) is 0 Å². The van der Waals surface area contributed by atoms with Crippen molar-refractivity contribution in [2.45, 2.75) is 52.1 Å². The molecule has 1 rings (SSSR count). The third kappa shape index (κ3) is 4.92. The van der Waals surface area contributed by atoms with Gasteiger partial charge in [0.1, 0.15) is 0 Å². The van der Waals surface area contributed by atoms with Gasteiger partial charge in [0, 0.05) is 12.1 Å². The lowest BCUT2D eigenvalue weighted by atomic mass is 10.0. The summed E-state index contributed by atoms with van der Waals surface area (Å²) >= 11 is 2.10. The lowest BCUT2D eigenvalue weighted by Crippen LogP contribution is -2.39. The van der Waals surface area contributed by atoms with Gasteiger partial charge in [-0.05, 0) is 43.6 Å². The highest BCUT2D eigenvalue weighted by atomic mass is 32.2. The van der Waals surface area contributed by atoms with Crippen LogP contribution >= 0.6 is 11.8 Å². The molecule has 1 saturated heterocycles. The summed E-state index contributed by atoms with van der Waals surface area (Å²) < 4.78 is 0. The molecule has 1 unspecified atom stereocenters. The zero-order chi connectivity index (χ0) is 9.68. The van der Waals surface area contributed by atoms with Gasteiger partial charge in [0.25, 0.3) is 0 Å². The van der Waals surface area contributed by atoms with E-state index in [4.69, 9.17) is 0 Å². The van der Waals surface area contributed by atoms with Gasteiger partial charge in [-0.25, -0.2) is 0 Å². The van der Waals surface area contributed by atoms with Crippen molar-refractivity contribution in [2.75, 3.05) is 11.5 Å². The van der Waals surface area contributed by atoms with Crippen LogP contribution in [0.4, 0.5) is 0 Å². The van der Waals surface area contributed by atoms with Crippen LogP contribution < -0.4 is 5.32 Å². The maximum atomic E-state index is 3.74. The summed E-state index contributed by atoms with van der Waals surface area (Å²) in [5, 5.41) is 3.74. The molecule has 1 atom stereocenters. The summed E-state index contributed by atoms with van der Waals surface area (Å²) in [6.45, 7) is 6.92. The Balaban J connectivity index is 2.14. The first-order valence-electron chi connectivity index (χ1n) is 5.52. The lowest BCUT2D eigenvalue weighted by molar-refractivity contribution is 0.375. The van der Waals surface area contributed by atoms with Crippen LogP contribution in [0, 0.1) is 5.92 Å². The molecule has 1 heterocycles. The number of thioether (sulfide) groups is 1. The zero-order valence-corrected chi connectivity index (χ0v) is 9.99. The van der Waals surface area contributed by atoms with Crippen molar-refractivity contribution < 1.29 is 0 Å². The van der Waals surface area contributed by atoms with Crippen molar-refractivity contribution in [1.29, 1.82) is 0 Å². The third-order valence-corrected chi connectivity index (χ3v) is 3.62. The highest BCUT2D eigenvalue weighted by Crippen LogP contribution is 2.18. The molecule has 13 heavy (non-hydrogen) atoms. The van der Waals surface area contributed by atoms with Gasteiger partial charge in [0.2, 0.25) is 0 Å². The van der Waals surface area contributed by atoms with E-state index in [1.165, 1.54) is 30.8 Å². The molecule has 0 aromatic heterocycles. The summed E-state index contributed by atoms with van der Waals surface area (Å²) in [5.74, 6) is 3.53. The molecule has 1 aliphatic heterocycles. The van der Waals surface area contributed by atoms with Crippen LogP contribution in [0.2, 0.25) is 0 Å². The topological polar surface area (TPSA) is 12.0 Å². The molecule has 0 amide bonds. The molecule has 0 saturated carbocycles. The van der Waals surface area contributed by atoms with E-state index >= 15 is 0 Å². The molecule has 1 nitrogen and oxygen atoms in total. The van der Waals surface area contributed by atoms with Crippen molar-refractivity contribution in [2.24, 2.45) is 5.92 Å². The second-order valence-electron chi connectivity index (χ2n) is 4.58. The van der Waals surface area contributed by atoms with E-state index < -0.39 is 0 Å². The number of hydrogen-bond acceptors (Lipinski definition) is 2. The molecule has 78 valence electrons. The number of rotatable bonds is 4. The Bertz CT molecular complexity index is 130. The van der Waals surface area contributed by atoms with Gasteiger partial charge >= 0.3 is 0 Å². The van der Waals surface area contributed by atoms with E-state index in [9.17, 15) is 0 Å². The maximum absolute atomic E-state index is 3.74. The number of hydrogen-bond donors (Lipinski definition) is 1. The molecular weight excluding hydrogens is 178 g/mol. The predicted octanol–water partition coefficient (Wildman–Crippen LogP) is 2.91. The third-order valence-electron chi connectivity index (χ3n) is 2.57. The smallest absolute Gasteiger partial charge is 0.00852 e. The first-order valence-corrected chi connectivity index (χ1v) is 6.67. The van der Waals surface area contributed by atoms with Crippen molar-refractivity contribution in [3.63, 3.8) is 0 Å². The Labute approximate surface area is 87.1 Å². The summed E-state index contributed by atoms with van der Waals surface area (Å²) in [6.07, 6.45) is 4.05. The quantitative estimate of drug-likeness (QED) is 0.750. The first-order chi connectivity index (χ1) is 6.18. The Morgan fingerprint density at radius 2 is 1.85 bits per heavy atom. The molecule has 1 N–H and O–H groups in total. The fraction of sp³-hybridized carbons (Fsp3) is 1.00. The van der Waals surface area contributed by atoms with Gasteiger partial charge in [-0.2, -0.15) is 11.8 Å². The van der Waals surface area contributed by atoms with E-state index in [0.29, 0.717) is 6.04 Å². The fourth-order valence-corrected chi connectivity index (χ4v) is 3.15. The molecule has 1 aliphatic rings. The van der Waals surface area contributed by atoms with Gasteiger partial charge in [-0.3, -0.25) is 0 Å². The molecular formula is C11H23NS. The van der Waals surface area contributed by atoms with Crippen LogP contribution in [0.1, 0.15) is 40.0 Å². The maximum Gasteiger partial charge on any atom is 0.00852 e. The molecule has 2 heteroatoms. The van der Waals surface area contributed by atoms with Crippen LogP contribution in [-0.4, -0.2) is 23.6 Å². The Morgan fingerprint density at radius 3 is 2.38 bits per heavy atom. The molecule has 0 bridgehead atoms. The molecule has 0 spiro atoms. The normalized spacial score (nSPS) is 22.2. The van der Waals surface area contributed by atoms with Gasteiger partial charge in [-0.15, -0.1) is 0 Å². The second-order valence-corrected chi connectivity index (χ2v) is 5.81. The minimum absolute atomic E-state index is 0.702.